The Bertz CT molecular complexity index is 675. The number of carbonyl (C=O) groups is 1. The highest BCUT2D eigenvalue weighted by molar-refractivity contribution is 5.78. The van der Waals surface area contributed by atoms with Gasteiger partial charge in [0.2, 0.25) is 5.91 Å². The molecular formula is C16H21N3O2. The number of benzene rings is 1. The van der Waals surface area contributed by atoms with Gasteiger partial charge in [0.25, 0.3) is 5.56 Å². The van der Waals surface area contributed by atoms with Crippen molar-refractivity contribution in [1.82, 2.24) is 15.3 Å². The molecule has 21 heavy (non-hydrogen) atoms. The van der Waals surface area contributed by atoms with E-state index in [-0.39, 0.29) is 17.4 Å². The lowest BCUT2D eigenvalue weighted by molar-refractivity contribution is -0.125. The van der Waals surface area contributed by atoms with Crippen molar-refractivity contribution in [1.29, 1.82) is 0 Å². The molecule has 0 fully saturated rings. The van der Waals surface area contributed by atoms with Gasteiger partial charge in [-0.05, 0) is 25.0 Å². The maximum absolute atomic E-state index is 11.9. The summed E-state index contributed by atoms with van der Waals surface area (Å²) < 4.78 is 0. The monoisotopic (exact) mass is 287 g/mol. The molecule has 0 unspecified atom stereocenters. The summed E-state index contributed by atoms with van der Waals surface area (Å²) in [6, 6.07) is 7.23. The predicted octanol–water partition coefficient (Wildman–Crippen LogP) is 2.02. The number of H-pyrrole nitrogens is 1. The van der Waals surface area contributed by atoms with Crippen molar-refractivity contribution >= 4 is 16.8 Å². The zero-order valence-corrected chi connectivity index (χ0v) is 12.5. The van der Waals surface area contributed by atoms with Gasteiger partial charge in [0.15, 0.2) is 0 Å². The Balaban J connectivity index is 2.01. The van der Waals surface area contributed by atoms with E-state index in [9.17, 15) is 9.59 Å². The zero-order chi connectivity index (χ0) is 15.2. The van der Waals surface area contributed by atoms with Crippen molar-refractivity contribution in [3.63, 3.8) is 0 Å². The molecule has 0 saturated carbocycles. The highest BCUT2D eigenvalue weighted by atomic mass is 16.1. The molecule has 1 aromatic heterocycles. The molecular weight excluding hydrogens is 266 g/mol. The van der Waals surface area contributed by atoms with Crippen LogP contribution in [-0.2, 0) is 11.2 Å². The smallest absolute Gasteiger partial charge is 0.258 e. The third-order valence-corrected chi connectivity index (χ3v) is 3.68. The highest BCUT2D eigenvalue weighted by Crippen LogP contribution is 2.07. The van der Waals surface area contributed by atoms with Crippen LogP contribution in [0.5, 0.6) is 0 Å². The van der Waals surface area contributed by atoms with Crippen molar-refractivity contribution in [3.8, 4) is 0 Å². The number of fused-ring (bicyclic) bond motifs is 1. The fraction of sp³-hybridized carbons (Fsp3) is 0.438. The van der Waals surface area contributed by atoms with Crippen LogP contribution < -0.4 is 10.9 Å². The number of nitrogens with one attached hydrogen (secondary N) is 2. The van der Waals surface area contributed by atoms with Crippen molar-refractivity contribution in [3.05, 3.63) is 40.4 Å². The average molecular weight is 287 g/mol. The van der Waals surface area contributed by atoms with E-state index in [2.05, 4.69) is 15.3 Å². The van der Waals surface area contributed by atoms with Crippen LogP contribution in [0.2, 0.25) is 0 Å². The van der Waals surface area contributed by atoms with E-state index < -0.39 is 0 Å². The third kappa shape index (κ3) is 3.68. The third-order valence-electron chi connectivity index (χ3n) is 3.68. The topological polar surface area (TPSA) is 74.8 Å². The standard InChI is InChI=1S/C16H21N3O2/c1-3-11(4-2)15(20)17-10-9-14-18-13-8-6-5-7-12(13)16(21)19-14/h5-8,11H,3-4,9-10H2,1-2H3,(H,17,20)(H,18,19,21). The van der Waals surface area contributed by atoms with Crippen LogP contribution in [0.1, 0.15) is 32.5 Å². The first-order valence-corrected chi connectivity index (χ1v) is 7.41. The molecule has 2 aromatic rings. The first kappa shape index (κ1) is 15.2. The minimum absolute atomic E-state index is 0.0635. The number of amides is 1. The van der Waals surface area contributed by atoms with Crippen molar-refractivity contribution in [2.24, 2.45) is 5.92 Å². The lowest BCUT2D eigenvalue weighted by Gasteiger charge is -2.12. The van der Waals surface area contributed by atoms with Gasteiger partial charge in [-0.3, -0.25) is 9.59 Å². The Morgan fingerprint density at radius 2 is 2.00 bits per heavy atom. The van der Waals surface area contributed by atoms with Crippen molar-refractivity contribution in [2.75, 3.05) is 6.54 Å². The SMILES string of the molecule is CCC(CC)C(=O)NCCc1nc2ccccc2c(=O)[nH]1. The van der Waals surface area contributed by atoms with Crippen LogP contribution in [0.15, 0.2) is 29.1 Å². The minimum Gasteiger partial charge on any atom is -0.355 e. The van der Waals surface area contributed by atoms with Crippen LogP contribution in [0.3, 0.4) is 0 Å². The molecule has 2 N–H and O–H groups in total. The first-order chi connectivity index (χ1) is 10.2. The quantitative estimate of drug-likeness (QED) is 0.853. The zero-order valence-electron chi connectivity index (χ0n) is 12.5. The lowest BCUT2D eigenvalue weighted by Crippen LogP contribution is -2.32. The molecule has 1 aromatic carbocycles. The summed E-state index contributed by atoms with van der Waals surface area (Å²) in [5.74, 6) is 0.736. The molecule has 2 rings (SSSR count). The number of para-hydroxylation sites is 1. The number of nitrogens with zero attached hydrogens (tertiary/aromatic N) is 1. The van der Waals surface area contributed by atoms with Crippen LogP contribution >= 0.6 is 0 Å². The Hall–Kier alpha value is -2.17. The van der Waals surface area contributed by atoms with Gasteiger partial charge in [-0.25, -0.2) is 4.98 Å². The van der Waals surface area contributed by atoms with Crippen LogP contribution in [0.25, 0.3) is 10.9 Å². The van der Waals surface area contributed by atoms with Crippen molar-refractivity contribution in [2.45, 2.75) is 33.1 Å². The second kappa shape index (κ2) is 7.02. The van der Waals surface area contributed by atoms with Gasteiger partial charge in [0.05, 0.1) is 10.9 Å². The van der Waals surface area contributed by atoms with Gasteiger partial charge >= 0.3 is 0 Å². The maximum atomic E-state index is 11.9. The number of aromatic amines is 1. The fourth-order valence-electron chi connectivity index (χ4n) is 2.36. The molecule has 0 radical (unpaired) electrons. The number of aromatic nitrogens is 2. The summed E-state index contributed by atoms with van der Waals surface area (Å²) in [5, 5.41) is 3.49. The first-order valence-electron chi connectivity index (χ1n) is 7.41. The summed E-state index contributed by atoms with van der Waals surface area (Å²) in [5.41, 5.74) is 0.546. The highest BCUT2D eigenvalue weighted by Gasteiger charge is 2.13. The molecule has 5 heteroatoms. The van der Waals surface area contributed by atoms with Gasteiger partial charge in [0.1, 0.15) is 5.82 Å². The Morgan fingerprint density at radius 1 is 1.29 bits per heavy atom. The summed E-state index contributed by atoms with van der Waals surface area (Å²) in [6.45, 7) is 4.50. The van der Waals surface area contributed by atoms with Crippen molar-refractivity contribution < 1.29 is 4.79 Å². The van der Waals surface area contributed by atoms with Gasteiger partial charge in [-0.1, -0.05) is 26.0 Å². The fourth-order valence-corrected chi connectivity index (χ4v) is 2.36. The molecule has 0 spiro atoms. The maximum Gasteiger partial charge on any atom is 0.258 e. The molecule has 5 nitrogen and oxygen atoms in total. The molecule has 1 heterocycles. The van der Waals surface area contributed by atoms with Gasteiger partial charge < -0.3 is 10.3 Å². The number of rotatable bonds is 6. The summed E-state index contributed by atoms with van der Waals surface area (Å²) in [7, 11) is 0. The van der Waals surface area contributed by atoms with E-state index in [1.54, 1.807) is 6.07 Å². The largest absolute Gasteiger partial charge is 0.355 e. The van der Waals surface area contributed by atoms with Crippen LogP contribution in [0, 0.1) is 5.92 Å². The van der Waals surface area contributed by atoms with E-state index in [1.165, 1.54) is 0 Å². The second-order valence-electron chi connectivity index (χ2n) is 5.08. The molecule has 0 atom stereocenters. The second-order valence-corrected chi connectivity index (χ2v) is 5.08. The molecule has 112 valence electrons. The number of hydrogen-bond donors (Lipinski definition) is 2. The lowest BCUT2D eigenvalue weighted by atomic mass is 10.0. The van der Waals surface area contributed by atoms with Gasteiger partial charge in [-0.2, -0.15) is 0 Å². The van der Waals surface area contributed by atoms with Gasteiger partial charge in [-0.15, -0.1) is 0 Å². The Kier molecular flexibility index (Phi) is 5.09. The number of carbonyl (C=O) groups excluding carboxylic acids is 1. The molecule has 0 aliphatic rings. The predicted molar refractivity (Wildman–Crippen MR) is 83.1 cm³/mol. The van der Waals surface area contributed by atoms with E-state index in [4.69, 9.17) is 0 Å². The number of hydrogen-bond acceptors (Lipinski definition) is 3. The van der Waals surface area contributed by atoms with Crippen LogP contribution in [-0.4, -0.2) is 22.4 Å². The average Bonchev–Trinajstić information content (AvgIpc) is 2.48. The van der Waals surface area contributed by atoms with Crippen LogP contribution in [0.4, 0.5) is 0 Å². The van der Waals surface area contributed by atoms with E-state index in [1.807, 2.05) is 32.0 Å². The molecule has 1 amide bonds. The summed E-state index contributed by atoms with van der Waals surface area (Å²) in [6.07, 6.45) is 2.20. The summed E-state index contributed by atoms with van der Waals surface area (Å²) >= 11 is 0. The Labute approximate surface area is 123 Å². The van der Waals surface area contributed by atoms with E-state index in [0.29, 0.717) is 29.7 Å². The normalized spacial score (nSPS) is 11.0. The molecule has 0 bridgehead atoms. The molecule has 0 aliphatic carbocycles. The Morgan fingerprint density at radius 3 is 2.71 bits per heavy atom. The van der Waals surface area contributed by atoms with E-state index >= 15 is 0 Å². The minimum atomic E-state index is -0.137. The molecule has 0 saturated heterocycles. The molecule has 0 aliphatic heterocycles. The summed E-state index contributed by atoms with van der Waals surface area (Å²) in [4.78, 5) is 31.0. The van der Waals surface area contributed by atoms with E-state index in [0.717, 1.165) is 12.8 Å². The van der Waals surface area contributed by atoms with Gasteiger partial charge in [0, 0.05) is 18.9 Å².